The SMILES string of the molecule is CS(=O)(=O)N(CCCC(=O)NCCSCc1ccc(Cl)c(Cl)c1)c1ccc(F)c(F)c1. The maximum absolute atomic E-state index is 13.5. The molecule has 11 heteroatoms. The number of benzene rings is 2. The Morgan fingerprint density at radius 2 is 1.84 bits per heavy atom. The van der Waals surface area contributed by atoms with Crippen molar-refractivity contribution in [2.45, 2.75) is 18.6 Å². The second-order valence-electron chi connectivity index (χ2n) is 6.69. The summed E-state index contributed by atoms with van der Waals surface area (Å²) in [6, 6.07) is 8.30. The number of amides is 1. The van der Waals surface area contributed by atoms with Crippen molar-refractivity contribution in [2.24, 2.45) is 0 Å². The minimum atomic E-state index is -3.71. The van der Waals surface area contributed by atoms with Gasteiger partial charge in [-0.15, -0.1) is 0 Å². The first-order valence-electron chi connectivity index (χ1n) is 9.29. The van der Waals surface area contributed by atoms with Crippen LogP contribution in [0, 0.1) is 11.6 Å². The van der Waals surface area contributed by atoms with Gasteiger partial charge in [0.05, 0.1) is 22.0 Å². The molecule has 0 aromatic heterocycles. The molecule has 31 heavy (non-hydrogen) atoms. The molecule has 0 spiro atoms. The topological polar surface area (TPSA) is 66.5 Å². The Labute approximate surface area is 195 Å². The summed E-state index contributed by atoms with van der Waals surface area (Å²) in [5, 5.41) is 3.77. The number of thioether (sulfide) groups is 1. The quantitative estimate of drug-likeness (QED) is 0.438. The second-order valence-corrected chi connectivity index (χ2v) is 10.5. The van der Waals surface area contributed by atoms with E-state index in [1.165, 1.54) is 6.07 Å². The summed E-state index contributed by atoms with van der Waals surface area (Å²) in [5.41, 5.74) is 1.05. The van der Waals surface area contributed by atoms with E-state index in [-0.39, 0.29) is 31.0 Å². The number of carbonyl (C=O) groups is 1. The number of halogens is 4. The molecule has 0 atom stereocenters. The Kier molecular flexibility index (Phi) is 9.87. The summed E-state index contributed by atoms with van der Waals surface area (Å²) >= 11 is 13.5. The number of nitrogens with one attached hydrogen (secondary N) is 1. The number of nitrogens with zero attached hydrogens (tertiary/aromatic N) is 1. The van der Waals surface area contributed by atoms with E-state index in [1.807, 2.05) is 6.07 Å². The summed E-state index contributed by atoms with van der Waals surface area (Å²) in [7, 11) is -3.71. The molecule has 0 saturated carbocycles. The van der Waals surface area contributed by atoms with Gasteiger partial charge in [-0.05, 0) is 36.2 Å². The standard InChI is InChI=1S/C20H22Cl2F2N2O3S2/c1-31(28,29)26(15-5-7-18(23)19(24)12-15)9-2-3-20(27)25-8-10-30-13-14-4-6-16(21)17(22)11-14/h4-7,11-12H,2-3,8-10,13H2,1H3,(H,25,27). The molecule has 5 nitrogen and oxygen atoms in total. The zero-order valence-electron chi connectivity index (χ0n) is 16.7. The average Bonchev–Trinajstić information content (AvgIpc) is 2.69. The van der Waals surface area contributed by atoms with Crippen LogP contribution in [0.1, 0.15) is 18.4 Å². The molecule has 0 unspecified atom stereocenters. The van der Waals surface area contributed by atoms with Gasteiger partial charge in [0.1, 0.15) is 0 Å². The number of carbonyl (C=O) groups excluding carboxylic acids is 1. The lowest BCUT2D eigenvalue weighted by Gasteiger charge is -2.22. The van der Waals surface area contributed by atoms with Gasteiger partial charge in [0.15, 0.2) is 11.6 Å². The van der Waals surface area contributed by atoms with Crippen LogP contribution in [0.3, 0.4) is 0 Å². The molecule has 0 heterocycles. The van der Waals surface area contributed by atoms with Gasteiger partial charge in [0.25, 0.3) is 0 Å². The molecule has 0 aliphatic rings. The van der Waals surface area contributed by atoms with Gasteiger partial charge >= 0.3 is 0 Å². The van der Waals surface area contributed by atoms with E-state index in [2.05, 4.69) is 5.32 Å². The van der Waals surface area contributed by atoms with Crippen LogP contribution in [0.15, 0.2) is 36.4 Å². The zero-order chi connectivity index (χ0) is 23.0. The van der Waals surface area contributed by atoms with E-state index in [4.69, 9.17) is 23.2 Å². The number of hydrogen-bond acceptors (Lipinski definition) is 4. The van der Waals surface area contributed by atoms with E-state index in [0.717, 1.165) is 34.0 Å². The Bertz CT molecular complexity index is 1020. The summed E-state index contributed by atoms with van der Waals surface area (Å²) in [6.07, 6.45) is 1.31. The van der Waals surface area contributed by atoms with Crippen molar-refractivity contribution in [1.82, 2.24) is 5.32 Å². The van der Waals surface area contributed by atoms with Crippen molar-refractivity contribution >= 4 is 56.6 Å². The van der Waals surface area contributed by atoms with Crippen molar-refractivity contribution in [1.29, 1.82) is 0 Å². The van der Waals surface area contributed by atoms with Crippen molar-refractivity contribution < 1.29 is 22.0 Å². The lowest BCUT2D eigenvalue weighted by molar-refractivity contribution is -0.121. The monoisotopic (exact) mass is 510 g/mol. The molecule has 2 aromatic carbocycles. The van der Waals surface area contributed by atoms with Crippen molar-refractivity contribution in [3.63, 3.8) is 0 Å². The lowest BCUT2D eigenvalue weighted by atomic mass is 10.2. The van der Waals surface area contributed by atoms with Gasteiger partial charge in [0, 0.05) is 37.1 Å². The fourth-order valence-electron chi connectivity index (χ4n) is 2.68. The van der Waals surface area contributed by atoms with Crippen LogP contribution >= 0.6 is 35.0 Å². The zero-order valence-corrected chi connectivity index (χ0v) is 19.9. The highest BCUT2D eigenvalue weighted by Crippen LogP contribution is 2.24. The number of sulfonamides is 1. The molecule has 1 amide bonds. The second kappa shape index (κ2) is 11.9. The van der Waals surface area contributed by atoms with E-state index in [0.29, 0.717) is 22.3 Å². The van der Waals surface area contributed by atoms with Crippen LogP contribution in [0.4, 0.5) is 14.5 Å². The van der Waals surface area contributed by atoms with Crippen molar-refractivity contribution in [3.8, 4) is 0 Å². The van der Waals surface area contributed by atoms with Gasteiger partial charge < -0.3 is 5.32 Å². The normalized spacial score (nSPS) is 11.4. The minimum Gasteiger partial charge on any atom is -0.355 e. The van der Waals surface area contributed by atoms with Crippen LogP contribution in [0.25, 0.3) is 0 Å². The largest absolute Gasteiger partial charge is 0.355 e. The first-order valence-corrected chi connectivity index (χ1v) is 13.0. The van der Waals surface area contributed by atoms with E-state index in [9.17, 15) is 22.0 Å². The Morgan fingerprint density at radius 3 is 2.48 bits per heavy atom. The van der Waals surface area contributed by atoms with Crippen molar-refractivity contribution in [2.75, 3.05) is 29.4 Å². The molecule has 2 aromatic rings. The van der Waals surface area contributed by atoms with Gasteiger partial charge in [-0.1, -0.05) is 29.3 Å². The predicted octanol–water partition coefficient (Wildman–Crippen LogP) is 4.87. The molecule has 2 rings (SSSR count). The molecule has 0 radical (unpaired) electrons. The molecule has 0 aliphatic heterocycles. The molecule has 1 N–H and O–H groups in total. The smallest absolute Gasteiger partial charge is 0.232 e. The molecule has 170 valence electrons. The molecular formula is C20H22Cl2F2N2O3S2. The average molecular weight is 511 g/mol. The molecular weight excluding hydrogens is 489 g/mol. The van der Waals surface area contributed by atoms with Gasteiger partial charge in [0.2, 0.25) is 15.9 Å². The van der Waals surface area contributed by atoms with Crippen LogP contribution in [0.2, 0.25) is 10.0 Å². The molecule has 0 aliphatic carbocycles. The number of rotatable bonds is 11. The van der Waals surface area contributed by atoms with Crippen LogP contribution in [-0.2, 0) is 20.6 Å². The number of hydrogen-bond donors (Lipinski definition) is 1. The van der Waals surface area contributed by atoms with E-state index in [1.54, 1.807) is 23.9 Å². The van der Waals surface area contributed by atoms with Gasteiger partial charge in [-0.2, -0.15) is 11.8 Å². The Balaban J connectivity index is 1.73. The van der Waals surface area contributed by atoms with Crippen LogP contribution < -0.4 is 9.62 Å². The summed E-state index contributed by atoms with van der Waals surface area (Å²) in [5.74, 6) is -0.995. The summed E-state index contributed by atoms with van der Waals surface area (Å²) < 4.78 is 51.5. The molecule has 0 bridgehead atoms. The van der Waals surface area contributed by atoms with Crippen molar-refractivity contribution in [3.05, 3.63) is 63.6 Å². The minimum absolute atomic E-state index is 0.0144. The maximum atomic E-state index is 13.5. The molecule has 0 saturated heterocycles. The van der Waals surface area contributed by atoms with Gasteiger partial charge in [-0.25, -0.2) is 17.2 Å². The lowest BCUT2D eigenvalue weighted by Crippen LogP contribution is -2.32. The fraction of sp³-hybridized carbons (Fsp3) is 0.350. The Hall–Kier alpha value is -1.55. The van der Waals surface area contributed by atoms with Crippen LogP contribution in [0.5, 0.6) is 0 Å². The third-order valence-corrected chi connectivity index (χ3v) is 7.14. The van der Waals surface area contributed by atoms with Gasteiger partial charge in [-0.3, -0.25) is 9.10 Å². The highest BCUT2D eigenvalue weighted by Gasteiger charge is 2.19. The predicted molar refractivity (Wildman–Crippen MR) is 123 cm³/mol. The van der Waals surface area contributed by atoms with E-state index < -0.39 is 21.7 Å². The first kappa shape index (κ1) is 25.7. The summed E-state index contributed by atoms with van der Waals surface area (Å²) in [4.78, 5) is 12.0. The molecule has 0 fully saturated rings. The highest BCUT2D eigenvalue weighted by molar-refractivity contribution is 7.98. The third kappa shape index (κ3) is 8.48. The van der Waals surface area contributed by atoms with Crippen LogP contribution in [-0.4, -0.2) is 39.4 Å². The first-order chi connectivity index (χ1) is 14.6. The third-order valence-electron chi connectivity index (χ3n) is 4.18. The van der Waals surface area contributed by atoms with E-state index >= 15 is 0 Å². The Morgan fingerprint density at radius 1 is 1.10 bits per heavy atom. The fourth-order valence-corrected chi connectivity index (χ4v) is 4.76. The number of anilines is 1. The highest BCUT2D eigenvalue weighted by atomic mass is 35.5. The maximum Gasteiger partial charge on any atom is 0.232 e. The summed E-state index contributed by atoms with van der Waals surface area (Å²) in [6.45, 7) is 0.438.